The van der Waals surface area contributed by atoms with E-state index in [2.05, 4.69) is 69.8 Å². The molecule has 10 N–H and O–H groups in total. The summed E-state index contributed by atoms with van der Waals surface area (Å²) < 4.78 is 9.22. The molecular weight excluding hydrogens is 1030 g/mol. The van der Waals surface area contributed by atoms with E-state index in [1.165, 1.54) is 11.6 Å². The molecule has 80 heavy (non-hydrogen) atoms. The molecule has 1 aliphatic heterocycles. The molecule has 0 saturated heterocycles. The predicted molar refractivity (Wildman–Crippen MR) is 323 cm³/mol. The number of fused-ring (bicyclic) bond motifs is 2. The SMILES string of the molecule is CN(C)c1ccc2c(-c3ccc(C(=O)NCCCCCC(=O)NC(CCCCNC(=O)C(N)CCCCN)C(=O)NCCC[N+](C)(C)CCCNCc4ccc(N(C)CCCl)cc4)cc3C(=O)O)c3ccc(=[N+](C)C)cc-3oc2c1. The molecular formula is C61H90ClN11O7+2. The summed E-state index contributed by atoms with van der Waals surface area (Å²) in [6.45, 7) is 6.09. The van der Waals surface area contributed by atoms with Gasteiger partial charge in [-0.2, -0.15) is 0 Å². The number of halogens is 1. The van der Waals surface area contributed by atoms with E-state index in [1.54, 1.807) is 12.1 Å². The summed E-state index contributed by atoms with van der Waals surface area (Å²) in [6, 6.07) is 23.6. The molecule has 436 valence electrons. The van der Waals surface area contributed by atoms with Crippen LogP contribution in [-0.4, -0.2) is 159 Å². The van der Waals surface area contributed by atoms with Gasteiger partial charge in [0.2, 0.25) is 23.1 Å². The van der Waals surface area contributed by atoms with Crippen LogP contribution in [0.15, 0.2) is 83.3 Å². The van der Waals surface area contributed by atoms with Crippen LogP contribution in [-0.2, 0) is 20.9 Å². The van der Waals surface area contributed by atoms with Crippen molar-refractivity contribution in [3.63, 3.8) is 0 Å². The minimum absolute atomic E-state index is 0.0149. The monoisotopic (exact) mass is 1120 g/mol. The standard InChI is InChI=1S/C61H88ClN11O7/c1-70(2)46-25-28-49-54(40-46)80-55-41-47(71(3)4)26-29-50(55)57(49)48-27-22-44(39-51(48)61(78)79)58(75)66-33-13-8-9-19-56(74)69-53(18-11-14-34-67-59(76)52(64)17-10-12-31-63)60(77)68-35-16-38-73(6,7)37-15-32-65-42-43-20-23-45(24-21-43)72(5)36-30-62/h20-29,39-41,52-53,65H,8-19,30-38,42,63-64H2,1-7H3,(H3-2,66,67,68,69,74,75,76,77,78,79)/p+2. The number of quaternary nitrogens is 1. The van der Waals surface area contributed by atoms with Gasteiger partial charge in [0.25, 0.3) is 5.91 Å². The molecule has 0 bridgehead atoms. The van der Waals surface area contributed by atoms with Gasteiger partial charge in [0.1, 0.15) is 31.5 Å². The average molecular weight is 1120 g/mol. The number of alkyl halides is 1. The van der Waals surface area contributed by atoms with Crippen LogP contribution >= 0.6 is 11.6 Å². The fourth-order valence-electron chi connectivity index (χ4n) is 9.62. The van der Waals surface area contributed by atoms with Crippen LogP contribution in [0.25, 0.3) is 33.4 Å². The highest BCUT2D eigenvalue weighted by Crippen LogP contribution is 2.42. The molecule has 5 rings (SSSR count). The lowest BCUT2D eigenvalue weighted by molar-refractivity contribution is -0.890. The summed E-state index contributed by atoms with van der Waals surface area (Å²) in [5, 5.41) is 27.6. The topological polar surface area (TPSA) is 240 Å². The Labute approximate surface area is 478 Å². The quantitative estimate of drug-likeness (QED) is 0.00772. The molecule has 0 radical (unpaired) electrons. The highest BCUT2D eigenvalue weighted by Gasteiger charge is 2.25. The van der Waals surface area contributed by atoms with Gasteiger partial charge < -0.3 is 61.9 Å². The van der Waals surface area contributed by atoms with Crippen molar-refractivity contribution in [1.82, 2.24) is 31.2 Å². The first-order valence-electron chi connectivity index (χ1n) is 28.4. The summed E-state index contributed by atoms with van der Waals surface area (Å²) in [6.07, 6.45) is 7.49. The Morgan fingerprint density at radius 2 is 1.39 bits per heavy atom. The first-order chi connectivity index (χ1) is 38.3. The maximum Gasteiger partial charge on any atom is 0.336 e. The summed E-state index contributed by atoms with van der Waals surface area (Å²) in [5.74, 6) is -1.08. The summed E-state index contributed by atoms with van der Waals surface area (Å²) in [4.78, 5) is 70.0. The number of unbranched alkanes of at least 4 members (excludes halogenated alkanes) is 4. The Morgan fingerprint density at radius 3 is 2.09 bits per heavy atom. The van der Waals surface area contributed by atoms with E-state index in [1.807, 2.05) is 81.1 Å². The van der Waals surface area contributed by atoms with Crippen molar-refractivity contribution in [1.29, 1.82) is 0 Å². The maximum absolute atomic E-state index is 13.6. The van der Waals surface area contributed by atoms with Gasteiger partial charge in [-0.3, -0.25) is 19.2 Å². The van der Waals surface area contributed by atoms with Crippen LogP contribution in [0.4, 0.5) is 11.4 Å². The Hall–Kier alpha value is -6.57. The molecule has 2 atom stereocenters. The largest absolute Gasteiger partial charge is 0.478 e. The van der Waals surface area contributed by atoms with Crippen LogP contribution in [0.3, 0.4) is 0 Å². The molecule has 18 nitrogen and oxygen atoms in total. The Bertz CT molecular complexity index is 2850. The van der Waals surface area contributed by atoms with E-state index < -0.39 is 24.0 Å². The Morgan fingerprint density at radius 1 is 0.725 bits per heavy atom. The van der Waals surface area contributed by atoms with Gasteiger partial charge >= 0.3 is 5.97 Å². The van der Waals surface area contributed by atoms with Crippen molar-refractivity contribution in [2.75, 3.05) is 117 Å². The number of carboxylic acid groups (broad SMARTS) is 1. The zero-order valence-electron chi connectivity index (χ0n) is 48.4. The maximum atomic E-state index is 13.6. The molecule has 3 aromatic carbocycles. The molecule has 0 aromatic heterocycles. The van der Waals surface area contributed by atoms with Crippen molar-refractivity contribution < 1.29 is 38.0 Å². The second-order valence-electron chi connectivity index (χ2n) is 21.9. The third-order valence-electron chi connectivity index (χ3n) is 14.5. The minimum atomic E-state index is -1.17. The number of nitrogens with one attached hydrogen (secondary N) is 5. The molecule has 19 heteroatoms. The average Bonchev–Trinajstić information content (AvgIpc) is 3.48. The molecule has 1 aliphatic carbocycles. The first kappa shape index (κ1) is 64.3. The fourth-order valence-corrected chi connectivity index (χ4v) is 9.87. The van der Waals surface area contributed by atoms with Gasteiger partial charge in [-0.25, -0.2) is 9.37 Å². The van der Waals surface area contributed by atoms with Crippen LogP contribution in [0, 0.1) is 0 Å². The van der Waals surface area contributed by atoms with Crippen molar-refractivity contribution in [2.24, 2.45) is 11.5 Å². The van der Waals surface area contributed by atoms with Gasteiger partial charge in [0.05, 0.1) is 44.9 Å². The number of hydrogen-bond acceptors (Lipinski definition) is 11. The molecule has 0 spiro atoms. The van der Waals surface area contributed by atoms with E-state index >= 15 is 0 Å². The first-order valence-corrected chi connectivity index (χ1v) is 28.9. The van der Waals surface area contributed by atoms with Gasteiger partial charge in [0, 0.05) is 131 Å². The summed E-state index contributed by atoms with van der Waals surface area (Å²) >= 11 is 5.90. The number of carbonyl (C=O) groups excluding carboxylic acids is 4. The molecule has 3 aromatic rings. The minimum Gasteiger partial charge on any atom is -0.478 e. The second kappa shape index (κ2) is 32.6. The number of amides is 4. The number of anilines is 2. The van der Waals surface area contributed by atoms with Crippen LogP contribution in [0.1, 0.15) is 103 Å². The van der Waals surface area contributed by atoms with Gasteiger partial charge in [-0.05, 0) is 105 Å². The number of nitrogens with two attached hydrogens (primary N) is 2. The number of rotatable bonds is 35. The van der Waals surface area contributed by atoms with Gasteiger partial charge in [-0.15, -0.1) is 11.6 Å². The lowest BCUT2D eigenvalue weighted by atomic mass is 9.89. The third-order valence-corrected chi connectivity index (χ3v) is 14.7. The lowest BCUT2D eigenvalue weighted by Gasteiger charge is -2.30. The number of aromatic carboxylic acids is 1. The Kier molecular flexibility index (Phi) is 26.2. The zero-order chi connectivity index (χ0) is 58.2. The zero-order valence-corrected chi connectivity index (χ0v) is 49.2. The van der Waals surface area contributed by atoms with Crippen LogP contribution < -0.4 is 57.8 Å². The third kappa shape index (κ3) is 20.2. The van der Waals surface area contributed by atoms with E-state index in [4.69, 9.17) is 27.5 Å². The number of hydrogen-bond donors (Lipinski definition) is 8. The molecule has 4 amide bonds. The normalized spacial score (nSPS) is 12.2. The molecule has 0 saturated carbocycles. The summed E-state index contributed by atoms with van der Waals surface area (Å²) in [7, 11) is 14.2. The van der Waals surface area contributed by atoms with Crippen LogP contribution in [0.2, 0.25) is 0 Å². The van der Waals surface area contributed by atoms with Crippen molar-refractivity contribution in [2.45, 2.75) is 95.7 Å². The smallest absolute Gasteiger partial charge is 0.336 e. The van der Waals surface area contributed by atoms with Gasteiger partial charge in [0.15, 0.2) is 0 Å². The highest BCUT2D eigenvalue weighted by molar-refractivity contribution is 6.18. The fraction of sp³-hybridized carbons (Fsp3) is 0.508. The van der Waals surface area contributed by atoms with Crippen molar-refractivity contribution in [3.8, 4) is 22.5 Å². The second-order valence-corrected chi connectivity index (χ2v) is 22.3. The number of carboxylic acids is 1. The van der Waals surface area contributed by atoms with Crippen molar-refractivity contribution >= 4 is 63.5 Å². The highest BCUT2D eigenvalue weighted by atomic mass is 35.5. The van der Waals surface area contributed by atoms with E-state index in [-0.39, 0.29) is 35.3 Å². The predicted octanol–water partition coefficient (Wildman–Crippen LogP) is 5.96. The molecule has 2 unspecified atom stereocenters. The number of nitrogens with zero attached hydrogens (tertiary/aromatic N) is 4. The van der Waals surface area contributed by atoms with E-state index in [9.17, 15) is 29.1 Å². The summed E-state index contributed by atoms with van der Waals surface area (Å²) in [5.41, 5.74) is 17.6. The number of carbonyl (C=O) groups is 5. The Balaban J connectivity index is 1.10. The molecule has 2 aliphatic rings. The van der Waals surface area contributed by atoms with Gasteiger partial charge in [-0.1, -0.05) is 31.0 Å². The van der Waals surface area contributed by atoms with Crippen molar-refractivity contribution in [3.05, 3.63) is 101 Å². The molecule has 1 heterocycles. The van der Waals surface area contributed by atoms with E-state index in [0.717, 1.165) is 90.6 Å². The lowest BCUT2D eigenvalue weighted by Crippen LogP contribution is -2.48. The number of benzene rings is 4. The molecule has 0 fully saturated rings. The van der Waals surface area contributed by atoms with E-state index in [0.29, 0.717) is 99.5 Å². The van der Waals surface area contributed by atoms with Crippen LogP contribution in [0.5, 0.6) is 0 Å².